The molecule has 2 rings (SSSR count). The highest BCUT2D eigenvalue weighted by molar-refractivity contribution is 5.96. The molecule has 7 nitrogen and oxygen atoms in total. The molecule has 0 bridgehead atoms. The zero-order chi connectivity index (χ0) is 14.4. The number of amides is 1. The van der Waals surface area contributed by atoms with Gasteiger partial charge in [0.25, 0.3) is 5.91 Å². The van der Waals surface area contributed by atoms with Crippen LogP contribution in [0.1, 0.15) is 27.3 Å². The van der Waals surface area contributed by atoms with Crippen LogP contribution in [0.2, 0.25) is 0 Å². The number of carbonyl (C=O) groups excluding carboxylic acids is 1. The zero-order valence-corrected chi connectivity index (χ0v) is 10.8. The van der Waals surface area contributed by atoms with Crippen LogP contribution in [-0.4, -0.2) is 38.2 Å². The number of carbonyl (C=O) groups is 1. The van der Waals surface area contributed by atoms with Gasteiger partial charge in [0.1, 0.15) is 6.61 Å². The monoisotopic (exact) mass is 271 g/mol. The Balaban J connectivity index is 2.13. The molecule has 0 atom stereocenters. The number of nitrogens with zero attached hydrogens (tertiary/aromatic N) is 3. The highest BCUT2D eigenvalue weighted by Crippen LogP contribution is 2.12. The summed E-state index contributed by atoms with van der Waals surface area (Å²) in [6.07, 6.45) is 0. The maximum atomic E-state index is 12.1. The number of aromatic amines is 1. The molecule has 1 aromatic heterocycles. The first kappa shape index (κ1) is 13.7. The Morgan fingerprint density at radius 1 is 1.50 bits per heavy atom. The number of hydrogen-bond donors (Lipinski definition) is 3. The molecular formula is C13H13N5O2. The van der Waals surface area contributed by atoms with Crippen molar-refractivity contribution >= 4 is 5.91 Å². The number of nitrogens with one attached hydrogen (secondary N) is 2. The van der Waals surface area contributed by atoms with Crippen molar-refractivity contribution < 1.29 is 9.90 Å². The van der Waals surface area contributed by atoms with E-state index < -0.39 is 0 Å². The molecular weight excluding hydrogens is 258 g/mol. The van der Waals surface area contributed by atoms with Gasteiger partial charge in [-0.05, 0) is 24.6 Å². The summed E-state index contributed by atoms with van der Waals surface area (Å²) in [7, 11) is 0. The van der Waals surface area contributed by atoms with Crippen LogP contribution in [0.25, 0.3) is 0 Å². The number of rotatable bonds is 3. The third kappa shape index (κ3) is 3.18. The van der Waals surface area contributed by atoms with Gasteiger partial charge in [-0.2, -0.15) is 5.21 Å². The quantitative estimate of drug-likeness (QED) is 0.670. The van der Waals surface area contributed by atoms with Gasteiger partial charge >= 0.3 is 0 Å². The van der Waals surface area contributed by atoms with Gasteiger partial charge in [-0.3, -0.25) is 4.79 Å². The van der Waals surface area contributed by atoms with E-state index in [0.717, 1.165) is 5.56 Å². The molecule has 1 heterocycles. The van der Waals surface area contributed by atoms with E-state index in [0.29, 0.717) is 17.0 Å². The van der Waals surface area contributed by atoms with E-state index in [9.17, 15) is 4.79 Å². The fourth-order valence-corrected chi connectivity index (χ4v) is 1.66. The summed E-state index contributed by atoms with van der Waals surface area (Å²) in [5, 5.41) is 24.6. The average Bonchev–Trinajstić information content (AvgIpc) is 2.97. The van der Waals surface area contributed by atoms with Crippen molar-refractivity contribution in [1.29, 1.82) is 0 Å². The summed E-state index contributed by atoms with van der Waals surface area (Å²) >= 11 is 0. The predicted octanol–water partition coefficient (Wildman–Crippen LogP) is -0.218. The van der Waals surface area contributed by atoms with Gasteiger partial charge in [0, 0.05) is 11.1 Å². The summed E-state index contributed by atoms with van der Waals surface area (Å²) in [6, 6.07) is 5.26. The van der Waals surface area contributed by atoms with E-state index in [-0.39, 0.29) is 19.1 Å². The molecule has 0 aliphatic carbocycles. The Morgan fingerprint density at radius 3 is 3.05 bits per heavy atom. The van der Waals surface area contributed by atoms with Crippen LogP contribution in [0.15, 0.2) is 18.2 Å². The van der Waals surface area contributed by atoms with Crippen LogP contribution in [0.4, 0.5) is 0 Å². The summed E-state index contributed by atoms with van der Waals surface area (Å²) in [5.74, 6) is 5.55. The number of hydrogen-bond acceptors (Lipinski definition) is 5. The topological polar surface area (TPSA) is 104 Å². The number of tetrazole rings is 1. The highest BCUT2D eigenvalue weighted by Gasteiger charge is 2.11. The molecule has 0 unspecified atom stereocenters. The largest absolute Gasteiger partial charge is 0.384 e. The Labute approximate surface area is 115 Å². The minimum Gasteiger partial charge on any atom is -0.384 e. The summed E-state index contributed by atoms with van der Waals surface area (Å²) in [4.78, 5) is 12.1. The van der Waals surface area contributed by atoms with E-state index >= 15 is 0 Å². The zero-order valence-electron chi connectivity index (χ0n) is 10.8. The van der Waals surface area contributed by atoms with Gasteiger partial charge < -0.3 is 10.4 Å². The van der Waals surface area contributed by atoms with E-state index in [1.54, 1.807) is 18.2 Å². The normalized spacial score (nSPS) is 9.70. The molecule has 1 amide bonds. The molecule has 0 saturated heterocycles. The fraction of sp³-hybridized carbons (Fsp3) is 0.231. The molecule has 3 N–H and O–H groups in total. The summed E-state index contributed by atoms with van der Waals surface area (Å²) in [6.45, 7) is 1.79. The molecule has 0 aliphatic rings. The third-order valence-corrected chi connectivity index (χ3v) is 2.68. The number of aromatic nitrogens is 4. The van der Waals surface area contributed by atoms with Gasteiger partial charge in [-0.15, -0.1) is 10.2 Å². The third-order valence-electron chi connectivity index (χ3n) is 2.68. The predicted molar refractivity (Wildman–Crippen MR) is 70.5 cm³/mol. The first-order chi connectivity index (χ1) is 9.72. The first-order valence-corrected chi connectivity index (χ1v) is 5.92. The fourth-order valence-electron chi connectivity index (χ4n) is 1.66. The molecule has 1 aromatic carbocycles. The Kier molecular flexibility index (Phi) is 4.42. The van der Waals surface area contributed by atoms with Crippen molar-refractivity contribution in [1.82, 2.24) is 25.9 Å². The van der Waals surface area contributed by atoms with Crippen molar-refractivity contribution in [3.8, 4) is 11.8 Å². The van der Waals surface area contributed by atoms with Gasteiger partial charge in [0.15, 0.2) is 5.82 Å². The Bertz CT molecular complexity index is 655. The van der Waals surface area contributed by atoms with Crippen molar-refractivity contribution in [3.63, 3.8) is 0 Å². The van der Waals surface area contributed by atoms with Crippen LogP contribution >= 0.6 is 0 Å². The Hall–Kier alpha value is -2.72. The van der Waals surface area contributed by atoms with Gasteiger partial charge in [-0.1, -0.05) is 23.1 Å². The van der Waals surface area contributed by atoms with Crippen LogP contribution in [0.3, 0.4) is 0 Å². The van der Waals surface area contributed by atoms with Crippen molar-refractivity contribution in [2.24, 2.45) is 0 Å². The minimum atomic E-state index is -0.236. The smallest absolute Gasteiger partial charge is 0.251 e. The second-order valence-electron chi connectivity index (χ2n) is 3.95. The molecule has 2 aromatic rings. The molecule has 0 spiro atoms. The lowest BCUT2D eigenvalue weighted by Gasteiger charge is -2.07. The lowest BCUT2D eigenvalue weighted by molar-refractivity contribution is 0.0949. The van der Waals surface area contributed by atoms with E-state index in [2.05, 4.69) is 37.8 Å². The SMILES string of the molecule is Cc1c(C#CCO)cccc1C(=O)NCc1nn[nH]n1. The van der Waals surface area contributed by atoms with Crippen LogP contribution in [0.5, 0.6) is 0 Å². The second-order valence-corrected chi connectivity index (χ2v) is 3.95. The van der Waals surface area contributed by atoms with Crippen LogP contribution in [-0.2, 0) is 6.54 Å². The molecule has 20 heavy (non-hydrogen) atoms. The molecule has 0 saturated carbocycles. The van der Waals surface area contributed by atoms with Gasteiger partial charge in [0.05, 0.1) is 6.54 Å². The standard InChI is InChI=1S/C13H13N5O2/c1-9-10(5-3-7-19)4-2-6-11(9)13(20)14-8-12-15-17-18-16-12/h2,4,6,19H,7-8H2,1H3,(H,14,20)(H,15,16,17,18). The summed E-state index contributed by atoms with van der Waals surface area (Å²) in [5.41, 5.74) is 2.00. The molecule has 0 radical (unpaired) electrons. The lowest BCUT2D eigenvalue weighted by atomic mass is 10.0. The van der Waals surface area contributed by atoms with E-state index in [1.165, 1.54) is 0 Å². The number of aliphatic hydroxyl groups excluding tert-OH is 1. The van der Waals surface area contributed by atoms with E-state index in [4.69, 9.17) is 5.11 Å². The van der Waals surface area contributed by atoms with Crippen molar-refractivity contribution in [3.05, 3.63) is 40.7 Å². The average molecular weight is 271 g/mol. The maximum Gasteiger partial charge on any atom is 0.251 e. The van der Waals surface area contributed by atoms with Gasteiger partial charge in [0.2, 0.25) is 0 Å². The molecule has 7 heteroatoms. The van der Waals surface area contributed by atoms with Crippen LogP contribution < -0.4 is 5.32 Å². The molecule has 102 valence electrons. The number of H-pyrrole nitrogens is 1. The van der Waals surface area contributed by atoms with E-state index in [1.807, 2.05) is 6.92 Å². The van der Waals surface area contributed by atoms with Crippen molar-refractivity contribution in [2.75, 3.05) is 6.61 Å². The van der Waals surface area contributed by atoms with Crippen molar-refractivity contribution in [2.45, 2.75) is 13.5 Å². The summed E-state index contributed by atoms with van der Waals surface area (Å²) < 4.78 is 0. The highest BCUT2D eigenvalue weighted by atomic mass is 16.2. The Morgan fingerprint density at radius 2 is 2.35 bits per heavy atom. The number of aliphatic hydroxyl groups is 1. The van der Waals surface area contributed by atoms with Crippen LogP contribution in [0, 0.1) is 18.8 Å². The maximum absolute atomic E-state index is 12.1. The lowest BCUT2D eigenvalue weighted by Crippen LogP contribution is -2.24. The molecule has 0 fully saturated rings. The minimum absolute atomic E-state index is 0.196. The number of benzene rings is 1. The molecule has 0 aliphatic heterocycles. The van der Waals surface area contributed by atoms with Gasteiger partial charge in [-0.25, -0.2) is 0 Å². The second kappa shape index (κ2) is 6.45. The first-order valence-electron chi connectivity index (χ1n) is 5.92.